The highest BCUT2D eigenvalue weighted by Crippen LogP contribution is 2.31. The van der Waals surface area contributed by atoms with E-state index < -0.39 is 0 Å². The first-order chi connectivity index (χ1) is 12.4. The Morgan fingerprint density at radius 3 is 2.80 bits per heavy atom. The average Bonchev–Trinajstić information content (AvgIpc) is 3.29. The van der Waals surface area contributed by atoms with Crippen LogP contribution in [0, 0.1) is 0 Å². The summed E-state index contributed by atoms with van der Waals surface area (Å²) in [6.07, 6.45) is 1.66. The fourth-order valence-corrected chi connectivity index (χ4v) is 4.38. The van der Waals surface area contributed by atoms with Gasteiger partial charge in [0, 0.05) is 5.39 Å². The highest BCUT2D eigenvalue weighted by Gasteiger charge is 2.24. The predicted octanol–water partition coefficient (Wildman–Crippen LogP) is 2.34. The number of benzene rings is 1. The van der Waals surface area contributed by atoms with Crippen molar-refractivity contribution < 1.29 is 9.32 Å². The van der Waals surface area contributed by atoms with Gasteiger partial charge in [-0.15, -0.1) is 11.3 Å². The van der Waals surface area contributed by atoms with E-state index in [2.05, 4.69) is 38.4 Å². The second-order valence-electron chi connectivity index (χ2n) is 6.47. The first-order valence-electron chi connectivity index (χ1n) is 8.61. The van der Waals surface area contributed by atoms with Crippen LogP contribution in [0.3, 0.4) is 0 Å². The van der Waals surface area contributed by atoms with E-state index in [0.717, 1.165) is 60.6 Å². The van der Waals surface area contributed by atoms with Crippen molar-refractivity contribution in [1.29, 1.82) is 0 Å². The minimum Gasteiger partial charge on any atom is -0.450 e. The molecule has 0 amide bonds. The van der Waals surface area contributed by atoms with Gasteiger partial charge >= 0.3 is 0 Å². The Morgan fingerprint density at radius 1 is 1.08 bits per heavy atom. The van der Waals surface area contributed by atoms with Gasteiger partial charge in [-0.1, -0.05) is 18.2 Å². The van der Waals surface area contributed by atoms with Gasteiger partial charge in [0.25, 0.3) is 0 Å². The standard InChI is InChI=1S/C19H18N4OS/c1-2-6-16-15(5-1)17-18(24-16)19(21-13-20-17)23-9-7-22(8-10-23)12-14-4-3-11-25-14/h1-6,11,13H,7-10,12H2/p+1. The molecule has 1 aliphatic heterocycles. The van der Waals surface area contributed by atoms with Gasteiger partial charge in [0.2, 0.25) is 0 Å². The van der Waals surface area contributed by atoms with Crippen LogP contribution in [-0.4, -0.2) is 36.1 Å². The van der Waals surface area contributed by atoms with E-state index in [1.54, 1.807) is 11.2 Å². The number of aromatic nitrogens is 2. The molecule has 4 aromatic rings. The fourth-order valence-electron chi connectivity index (χ4n) is 3.61. The van der Waals surface area contributed by atoms with Crippen molar-refractivity contribution in [3.63, 3.8) is 0 Å². The Morgan fingerprint density at radius 2 is 1.96 bits per heavy atom. The molecule has 3 aromatic heterocycles. The number of hydrogen-bond acceptors (Lipinski definition) is 5. The molecule has 1 aromatic carbocycles. The molecule has 1 saturated heterocycles. The van der Waals surface area contributed by atoms with Crippen LogP contribution in [0.25, 0.3) is 22.1 Å². The molecular formula is C19H19N4OS+. The number of fused-ring (bicyclic) bond motifs is 3. The molecule has 0 unspecified atom stereocenters. The van der Waals surface area contributed by atoms with Crippen LogP contribution in [0.15, 0.2) is 52.5 Å². The number of hydrogen-bond donors (Lipinski definition) is 1. The van der Waals surface area contributed by atoms with Crippen LogP contribution in [-0.2, 0) is 6.54 Å². The second-order valence-corrected chi connectivity index (χ2v) is 7.50. The van der Waals surface area contributed by atoms with Gasteiger partial charge in [-0.05, 0) is 23.6 Å². The summed E-state index contributed by atoms with van der Waals surface area (Å²) in [6.45, 7) is 5.33. The largest absolute Gasteiger partial charge is 0.450 e. The topological polar surface area (TPSA) is 46.6 Å². The zero-order valence-corrected chi connectivity index (χ0v) is 14.6. The Hall–Kier alpha value is -2.44. The Balaban J connectivity index is 1.41. The first-order valence-corrected chi connectivity index (χ1v) is 9.49. The van der Waals surface area contributed by atoms with E-state index in [4.69, 9.17) is 4.42 Å². The van der Waals surface area contributed by atoms with E-state index in [1.807, 2.05) is 29.5 Å². The van der Waals surface area contributed by atoms with Gasteiger partial charge in [0.05, 0.1) is 31.1 Å². The van der Waals surface area contributed by atoms with E-state index in [9.17, 15) is 0 Å². The third kappa shape index (κ3) is 2.67. The molecule has 1 N–H and O–H groups in total. The van der Waals surface area contributed by atoms with Crippen LogP contribution in [0.4, 0.5) is 5.82 Å². The lowest BCUT2D eigenvalue weighted by Gasteiger charge is -2.32. The molecule has 0 aliphatic carbocycles. The average molecular weight is 351 g/mol. The van der Waals surface area contributed by atoms with Gasteiger partial charge < -0.3 is 14.2 Å². The van der Waals surface area contributed by atoms with Crippen LogP contribution in [0.1, 0.15) is 4.88 Å². The molecule has 4 heterocycles. The van der Waals surface area contributed by atoms with E-state index >= 15 is 0 Å². The Bertz CT molecular complexity index is 1000. The number of para-hydroxylation sites is 1. The van der Waals surface area contributed by atoms with Gasteiger partial charge in [-0.2, -0.15) is 0 Å². The van der Waals surface area contributed by atoms with Crippen molar-refractivity contribution in [2.24, 2.45) is 0 Å². The summed E-state index contributed by atoms with van der Waals surface area (Å²) >= 11 is 1.85. The molecule has 6 heteroatoms. The number of nitrogens with one attached hydrogen (secondary N) is 1. The lowest BCUT2D eigenvalue weighted by molar-refractivity contribution is -0.914. The molecule has 25 heavy (non-hydrogen) atoms. The van der Waals surface area contributed by atoms with Crippen molar-refractivity contribution in [2.75, 3.05) is 31.1 Å². The maximum Gasteiger partial charge on any atom is 0.196 e. The number of furan rings is 1. The predicted molar refractivity (Wildman–Crippen MR) is 100 cm³/mol. The lowest BCUT2D eigenvalue weighted by Crippen LogP contribution is -3.13. The summed E-state index contributed by atoms with van der Waals surface area (Å²) in [5, 5.41) is 3.22. The molecule has 1 aliphatic rings. The molecule has 0 radical (unpaired) electrons. The number of thiophene rings is 1. The van der Waals surface area contributed by atoms with Crippen molar-refractivity contribution in [3.05, 3.63) is 53.0 Å². The van der Waals surface area contributed by atoms with Gasteiger partial charge in [0.1, 0.15) is 24.0 Å². The maximum absolute atomic E-state index is 6.08. The molecule has 126 valence electrons. The van der Waals surface area contributed by atoms with E-state index in [-0.39, 0.29) is 0 Å². The zero-order chi connectivity index (χ0) is 16.6. The smallest absolute Gasteiger partial charge is 0.196 e. The van der Waals surface area contributed by atoms with Crippen LogP contribution in [0.5, 0.6) is 0 Å². The third-order valence-corrected chi connectivity index (χ3v) is 5.79. The third-order valence-electron chi connectivity index (χ3n) is 4.91. The van der Waals surface area contributed by atoms with Crippen LogP contribution >= 0.6 is 11.3 Å². The molecule has 0 spiro atoms. The molecule has 5 nitrogen and oxygen atoms in total. The minimum atomic E-state index is 0.811. The Kier molecular flexibility index (Phi) is 3.64. The number of piperazine rings is 1. The molecule has 0 atom stereocenters. The SMILES string of the molecule is c1csc(C[NH+]2CCN(c3ncnc4c3oc3ccccc34)CC2)c1. The zero-order valence-electron chi connectivity index (χ0n) is 13.8. The summed E-state index contributed by atoms with van der Waals surface area (Å²) in [5.74, 6) is 0.927. The lowest BCUT2D eigenvalue weighted by atomic mass is 10.2. The van der Waals surface area contributed by atoms with Crippen LogP contribution in [0.2, 0.25) is 0 Å². The van der Waals surface area contributed by atoms with E-state index in [1.165, 1.54) is 4.88 Å². The number of anilines is 1. The number of nitrogens with zero attached hydrogens (tertiary/aromatic N) is 3. The minimum absolute atomic E-state index is 0.811. The highest BCUT2D eigenvalue weighted by molar-refractivity contribution is 7.09. The van der Waals surface area contributed by atoms with Crippen molar-refractivity contribution in [3.8, 4) is 0 Å². The van der Waals surface area contributed by atoms with Crippen molar-refractivity contribution in [2.45, 2.75) is 6.54 Å². The maximum atomic E-state index is 6.08. The number of quaternary nitrogens is 1. The fraction of sp³-hybridized carbons (Fsp3) is 0.263. The summed E-state index contributed by atoms with van der Waals surface area (Å²) in [7, 11) is 0. The number of rotatable bonds is 3. The molecule has 0 saturated carbocycles. The van der Waals surface area contributed by atoms with Crippen molar-refractivity contribution in [1.82, 2.24) is 9.97 Å². The van der Waals surface area contributed by atoms with Crippen molar-refractivity contribution >= 4 is 39.2 Å². The second kappa shape index (κ2) is 6.13. The van der Waals surface area contributed by atoms with Gasteiger partial charge in [-0.3, -0.25) is 0 Å². The molecule has 5 rings (SSSR count). The van der Waals surface area contributed by atoms with Gasteiger partial charge in [-0.25, -0.2) is 9.97 Å². The van der Waals surface area contributed by atoms with Crippen LogP contribution < -0.4 is 9.80 Å². The molecular weight excluding hydrogens is 332 g/mol. The molecule has 1 fully saturated rings. The van der Waals surface area contributed by atoms with E-state index in [0.29, 0.717) is 0 Å². The molecule has 0 bridgehead atoms. The Labute approximate surface area is 149 Å². The quantitative estimate of drug-likeness (QED) is 0.615. The normalized spacial score (nSPS) is 16.1. The highest BCUT2D eigenvalue weighted by atomic mass is 32.1. The van der Waals surface area contributed by atoms with Gasteiger partial charge in [0.15, 0.2) is 11.4 Å². The summed E-state index contributed by atoms with van der Waals surface area (Å²) in [4.78, 5) is 14.4. The first kappa shape index (κ1) is 14.9. The summed E-state index contributed by atoms with van der Waals surface area (Å²) in [5.41, 5.74) is 2.60. The summed E-state index contributed by atoms with van der Waals surface area (Å²) < 4.78 is 6.08. The summed E-state index contributed by atoms with van der Waals surface area (Å²) in [6, 6.07) is 12.4. The monoisotopic (exact) mass is 351 g/mol.